The summed E-state index contributed by atoms with van der Waals surface area (Å²) >= 11 is 0. The van der Waals surface area contributed by atoms with Crippen LogP contribution >= 0.6 is 0 Å². The SMILES string of the molecule is CN(C1CCC(C(F)(F)F)CC1)C1CCCCC1CN. The van der Waals surface area contributed by atoms with Crippen LogP contribution in [0, 0.1) is 11.8 Å². The molecular formula is C15H27F3N2. The monoisotopic (exact) mass is 292 g/mol. The van der Waals surface area contributed by atoms with Crippen LogP contribution in [-0.4, -0.2) is 36.8 Å². The molecule has 2 fully saturated rings. The second-order valence-electron chi connectivity index (χ2n) is 6.56. The highest BCUT2D eigenvalue weighted by Crippen LogP contribution is 2.40. The highest BCUT2D eigenvalue weighted by Gasteiger charge is 2.42. The lowest BCUT2D eigenvalue weighted by molar-refractivity contribution is -0.184. The molecule has 0 aliphatic heterocycles. The van der Waals surface area contributed by atoms with Gasteiger partial charge in [0, 0.05) is 12.1 Å². The number of nitrogens with two attached hydrogens (primary N) is 1. The molecule has 2 saturated carbocycles. The lowest BCUT2D eigenvalue weighted by Crippen LogP contribution is -2.49. The molecule has 0 bridgehead atoms. The average Bonchev–Trinajstić information content (AvgIpc) is 2.45. The van der Waals surface area contributed by atoms with Gasteiger partial charge in [0.1, 0.15) is 0 Å². The third-order valence-corrected chi connectivity index (χ3v) is 5.43. The number of hydrogen-bond acceptors (Lipinski definition) is 2. The number of rotatable bonds is 3. The summed E-state index contributed by atoms with van der Waals surface area (Å²) in [6, 6.07) is 0.784. The topological polar surface area (TPSA) is 29.3 Å². The van der Waals surface area contributed by atoms with E-state index in [9.17, 15) is 13.2 Å². The van der Waals surface area contributed by atoms with Crippen LogP contribution in [0.5, 0.6) is 0 Å². The molecule has 0 aromatic rings. The molecule has 2 aliphatic rings. The zero-order chi connectivity index (χ0) is 14.8. The van der Waals surface area contributed by atoms with Crippen molar-refractivity contribution in [3.05, 3.63) is 0 Å². The number of alkyl halides is 3. The van der Waals surface area contributed by atoms with E-state index in [0.29, 0.717) is 50.2 Å². The molecule has 0 heterocycles. The third kappa shape index (κ3) is 3.67. The quantitative estimate of drug-likeness (QED) is 0.862. The summed E-state index contributed by atoms with van der Waals surface area (Å²) in [5.74, 6) is -0.557. The molecule has 5 heteroatoms. The Kier molecular flexibility index (Phi) is 5.35. The van der Waals surface area contributed by atoms with Gasteiger partial charge in [0.05, 0.1) is 5.92 Å². The lowest BCUT2D eigenvalue weighted by Gasteiger charge is -2.44. The van der Waals surface area contributed by atoms with E-state index in [1.165, 1.54) is 19.3 Å². The molecule has 0 radical (unpaired) electrons. The summed E-state index contributed by atoms with van der Waals surface area (Å²) in [6.07, 6.45) is 2.71. The first-order chi connectivity index (χ1) is 9.43. The fraction of sp³-hybridized carbons (Fsp3) is 1.00. The van der Waals surface area contributed by atoms with Gasteiger partial charge in [-0.1, -0.05) is 12.8 Å². The van der Waals surface area contributed by atoms with Gasteiger partial charge in [0.2, 0.25) is 0 Å². The second kappa shape index (κ2) is 6.65. The minimum atomic E-state index is -4.01. The van der Waals surface area contributed by atoms with Gasteiger partial charge in [-0.15, -0.1) is 0 Å². The summed E-state index contributed by atoms with van der Waals surface area (Å²) < 4.78 is 38.1. The Bertz CT molecular complexity index is 298. The van der Waals surface area contributed by atoms with Crippen molar-refractivity contribution in [2.24, 2.45) is 17.6 Å². The van der Waals surface area contributed by atoms with E-state index in [4.69, 9.17) is 5.73 Å². The van der Waals surface area contributed by atoms with Gasteiger partial charge < -0.3 is 10.6 Å². The second-order valence-corrected chi connectivity index (χ2v) is 6.56. The molecule has 118 valence electrons. The maximum atomic E-state index is 12.7. The smallest absolute Gasteiger partial charge is 0.330 e. The van der Waals surface area contributed by atoms with Gasteiger partial charge in [-0.05, 0) is 58.0 Å². The van der Waals surface area contributed by atoms with E-state index >= 15 is 0 Å². The first-order valence-corrected chi connectivity index (χ1v) is 7.92. The van der Waals surface area contributed by atoms with E-state index in [0.717, 1.165) is 6.42 Å². The molecule has 2 unspecified atom stereocenters. The van der Waals surface area contributed by atoms with Crippen molar-refractivity contribution in [1.82, 2.24) is 4.90 Å². The average molecular weight is 292 g/mol. The van der Waals surface area contributed by atoms with Crippen LogP contribution in [0.4, 0.5) is 13.2 Å². The van der Waals surface area contributed by atoms with Crippen LogP contribution in [0.3, 0.4) is 0 Å². The Labute approximate surface area is 119 Å². The first-order valence-electron chi connectivity index (χ1n) is 7.92. The van der Waals surface area contributed by atoms with E-state index in [1.54, 1.807) is 0 Å². The Morgan fingerprint density at radius 2 is 1.60 bits per heavy atom. The summed E-state index contributed by atoms with van der Waals surface area (Å²) in [7, 11) is 2.09. The Morgan fingerprint density at radius 1 is 1.00 bits per heavy atom. The molecule has 0 spiro atoms. The summed E-state index contributed by atoms with van der Waals surface area (Å²) in [6.45, 7) is 0.701. The maximum Gasteiger partial charge on any atom is 0.391 e. The van der Waals surface area contributed by atoms with E-state index in [2.05, 4.69) is 11.9 Å². The lowest BCUT2D eigenvalue weighted by atomic mass is 9.80. The number of halogens is 3. The third-order valence-electron chi connectivity index (χ3n) is 5.43. The van der Waals surface area contributed by atoms with Crippen molar-refractivity contribution in [2.75, 3.05) is 13.6 Å². The van der Waals surface area contributed by atoms with Crippen LogP contribution in [0.1, 0.15) is 51.4 Å². The summed E-state index contributed by atoms with van der Waals surface area (Å²) in [5, 5.41) is 0. The van der Waals surface area contributed by atoms with E-state index in [-0.39, 0.29) is 0 Å². The van der Waals surface area contributed by atoms with Gasteiger partial charge >= 0.3 is 6.18 Å². The van der Waals surface area contributed by atoms with Gasteiger partial charge in [-0.3, -0.25) is 0 Å². The van der Waals surface area contributed by atoms with Crippen molar-refractivity contribution in [2.45, 2.75) is 69.6 Å². The number of hydrogen-bond donors (Lipinski definition) is 1. The highest BCUT2D eigenvalue weighted by atomic mass is 19.4. The minimum Gasteiger partial charge on any atom is -0.330 e. The largest absolute Gasteiger partial charge is 0.391 e. The zero-order valence-electron chi connectivity index (χ0n) is 12.3. The zero-order valence-corrected chi connectivity index (χ0v) is 12.3. The Morgan fingerprint density at radius 3 is 2.15 bits per heavy atom. The predicted molar refractivity (Wildman–Crippen MR) is 74.4 cm³/mol. The fourth-order valence-electron chi connectivity index (χ4n) is 4.08. The molecule has 20 heavy (non-hydrogen) atoms. The van der Waals surface area contributed by atoms with Crippen LogP contribution in [0.15, 0.2) is 0 Å². The minimum absolute atomic E-state index is 0.290. The van der Waals surface area contributed by atoms with Crippen LogP contribution in [0.2, 0.25) is 0 Å². The molecule has 2 rings (SSSR count). The van der Waals surface area contributed by atoms with Crippen molar-refractivity contribution in [1.29, 1.82) is 0 Å². The van der Waals surface area contributed by atoms with Crippen LogP contribution in [-0.2, 0) is 0 Å². The first kappa shape index (κ1) is 16.1. The van der Waals surface area contributed by atoms with Crippen LogP contribution in [0.25, 0.3) is 0 Å². The number of nitrogens with zero attached hydrogens (tertiary/aromatic N) is 1. The highest BCUT2D eigenvalue weighted by molar-refractivity contribution is 4.88. The summed E-state index contributed by atoms with van der Waals surface area (Å²) in [4.78, 5) is 2.35. The molecule has 2 aliphatic carbocycles. The van der Waals surface area contributed by atoms with Crippen molar-refractivity contribution in [3.63, 3.8) is 0 Å². The van der Waals surface area contributed by atoms with Gasteiger partial charge in [-0.25, -0.2) is 0 Å². The van der Waals surface area contributed by atoms with Gasteiger partial charge in [0.15, 0.2) is 0 Å². The van der Waals surface area contributed by atoms with Crippen molar-refractivity contribution < 1.29 is 13.2 Å². The molecule has 2 atom stereocenters. The van der Waals surface area contributed by atoms with Crippen LogP contribution < -0.4 is 5.73 Å². The standard InChI is InChI=1S/C15H27F3N2/c1-20(14-5-3-2-4-11(14)10-19)13-8-6-12(7-9-13)15(16,17)18/h11-14H,2-10,19H2,1H3. The van der Waals surface area contributed by atoms with Crippen molar-refractivity contribution >= 4 is 0 Å². The fourth-order valence-corrected chi connectivity index (χ4v) is 4.08. The molecule has 0 amide bonds. The van der Waals surface area contributed by atoms with Crippen molar-refractivity contribution in [3.8, 4) is 0 Å². The molecule has 0 aromatic heterocycles. The van der Waals surface area contributed by atoms with E-state index < -0.39 is 12.1 Å². The van der Waals surface area contributed by atoms with E-state index in [1.807, 2.05) is 0 Å². The Hall–Kier alpha value is -0.290. The molecular weight excluding hydrogens is 265 g/mol. The normalized spacial score (nSPS) is 36.3. The van der Waals surface area contributed by atoms with Gasteiger partial charge in [0.25, 0.3) is 0 Å². The molecule has 0 saturated heterocycles. The molecule has 2 N–H and O–H groups in total. The summed E-state index contributed by atoms with van der Waals surface area (Å²) in [5.41, 5.74) is 5.86. The maximum absolute atomic E-state index is 12.7. The molecule has 2 nitrogen and oxygen atoms in total. The predicted octanol–water partition coefficient (Wildman–Crippen LogP) is 3.56. The Balaban J connectivity index is 1.89. The van der Waals surface area contributed by atoms with Gasteiger partial charge in [-0.2, -0.15) is 13.2 Å². The molecule has 0 aromatic carbocycles.